The summed E-state index contributed by atoms with van der Waals surface area (Å²) in [7, 11) is 0. The van der Waals surface area contributed by atoms with Gasteiger partial charge in [0.1, 0.15) is 11.4 Å². The molecule has 2 nitrogen and oxygen atoms in total. The van der Waals surface area contributed by atoms with Crippen molar-refractivity contribution in [3.8, 4) is 5.75 Å². The molecule has 0 bridgehead atoms. The molecule has 156 valence electrons. The van der Waals surface area contributed by atoms with Crippen molar-refractivity contribution in [3.05, 3.63) is 58.7 Å². The Morgan fingerprint density at radius 2 is 1.69 bits per heavy atom. The van der Waals surface area contributed by atoms with Crippen LogP contribution in [0, 0.1) is 0 Å². The van der Waals surface area contributed by atoms with Gasteiger partial charge in [-0.2, -0.15) is 13.2 Å². The number of benzene rings is 2. The van der Waals surface area contributed by atoms with Crippen LogP contribution in [0.1, 0.15) is 67.2 Å². The first-order chi connectivity index (χ1) is 13.6. The Bertz CT molecular complexity index is 903. The minimum atomic E-state index is -4.34. The molecule has 0 saturated carbocycles. The average molecular weight is 422 g/mol. The molecule has 1 unspecified atom stereocenters. The molecule has 1 fully saturated rings. The molecule has 0 aromatic heterocycles. The van der Waals surface area contributed by atoms with Crippen molar-refractivity contribution in [1.82, 2.24) is 5.32 Å². The Labute approximate surface area is 175 Å². The van der Waals surface area contributed by atoms with Crippen LogP contribution in [0.5, 0.6) is 5.75 Å². The Balaban J connectivity index is 1.85. The third-order valence-electron chi connectivity index (χ3n) is 6.02. The molecular formula is C23H26F3NOS. The maximum Gasteiger partial charge on any atom is 0.416 e. The van der Waals surface area contributed by atoms with Gasteiger partial charge in [-0.1, -0.05) is 12.1 Å². The Morgan fingerprint density at radius 1 is 1.00 bits per heavy atom. The number of fused-ring (bicyclic) bond motifs is 1. The first kappa shape index (κ1) is 20.6. The van der Waals surface area contributed by atoms with E-state index in [2.05, 4.69) is 17.9 Å². The molecule has 1 N–H and O–H groups in total. The van der Waals surface area contributed by atoms with Crippen molar-refractivity contribution >= 4 is 12.6 Å². The van der Waals surface area contributed by atoms with Crippen LogP contribution in [0.15, 0.2) is 41.3 Å². The number of nitrogens with one attached hydrogen (secondary N) is 1. The van der Waals surface area contributed by atoms with E-state index in [4.69, 9.17) is 4.74 Å². The highest BCUT2D eigenvalue weighted by Crippen LogP contribution is 2.48. The van der Waals surface area contributed by atoms with Gasteiger partial charge in [0.2, 0.25) is 0 Å². The van der Waals surface area contributed by atoms with Crippen molar-refractivity contribution in [2.24, 2.45) is 0 Å². The molecule has 0 spiro atoms. The lowest BCUT2D eigenvalue weighted by molar-refractivity contribution is -0.137. The van der Waals surface area contributed by atoms with E-state index >= 15 is 0 Å². The van der Waals surface area contributed by atoms with Crippen LogP contribution in [0.4, 0.5) is 13.2 Å². The van der Waals surface area contributed by atoms with Crippen molar-refractivity contribution in [2.75, 3.05) is 13.1 Å². The summed E-state index contributed by atoms with van der Waals surface area (Å²) in [5, 5.41) is 3.31. The summed E-state index contributed by atoms with van der Waals surface area (Å²) >= 11 is 4.43. The van der Waals surface area contributed by atoms with Gasteiger partial charge in [0.25, 0.3) is 0 Å². The maximum absolute atomic E-state index is 13.5. The molecule has 6 heteroatoms. The molecule has 29 heavy (non-hydrogen) atoms. The molecule has 2 aromatic carbocycles. The number of ether oxygens (including phenoxy) is 1. The Morgan fingerprint density at radius 3 is 2.38 bits per heavy atom. The van der Waals surface area contributed by atoms with Gasteiger partial charge in [-0.3, -0.25) is 0 Å². The first-order valence-corrected chi connectivity index (χ1v) is 10.5. The summed E-state index contributed by atoms with van der Waals surface area (Å²) in [6, 6.07) is 10.1. The van der Waals surface area contributed by atoms with Crippen molar-refractivity contribution in [2.45, 2.75) is 61.6 Å². The van der Waals surface area contributed by atoms with E-state index < -0.39 is 17.3 Å². The van der Waals surface area contributed by atoms with E-state index in [1.807, 2.05) is 32.0 Å². The van der Waals surface area contributed by atoms with E-state index in [0.717, 1.165) is 59.7 Å². The Hall–Kier alpha value is -1.66. The zero-order valence-electron chi connectivity index (χ0n) is 16.6. The standard InChI is InChI=1S/C23H26F3NOS/c1-22(2)13-20(18-6-4-16(29)12-21(18)28-22)17-5-3-15(23(24,25)26)11-19(17)14-7-9-27-10-8-14/h3-6,11-12,14,20,27,29H,7-10,13H2,1-2H3. The SMILES string of the molecule is CC1(C)CC(c2ccc(C(F)(F)F)cc2C2CCNCC2)c2ccc(S)cc2O1. The van der Waals surface area contributed by atoms with E-state index in [0.29, 0.717) is 0 Å². The predicted molar refractivity (Wildman–Crippen MR) is 111 cm³/mol. The van der Waals surface area contributed by atoms with Gasteiger partial charge >= 0.3 is 6.18 Å². The monoisotopic (exact) mass is 421 g/mol. The second kappa shape index (κ2) is 7.55. The molecule has 2 aliphatic heterocycles. The molecule has 2 aliphatic rings. The zero-order valence-corrected chi connectivity index (χ0v) is 17.5. The van der Waals surface area contributed by atoms with E-state index in [9.17, 15) is 13.2 Å². The number of alkyl halides is 3. The number of rotatable bonds is 2. The highest BCUT2D eigenvalue weighted by Gasteiger charge is 2.38. The molecular weight excluding hydrogens is 395 g/mol. The molecule has 2 heterocycles. The summed E-state index contributed by atoms with van der Waals surface area (Å²) in [5.74, 6) is 0.900. The van der Waals surface area contributed by atoms with Gasteiger partial charge in [0.05, 0.1) is 5.56 Å². The molecule has 1 saturated heterocycles. The number of hydrogen-bond acceptors (Lipinski definition) is 3. The van der Waals surface area contributed by atoms with Crippen molar-refractivity contribution in [3.63, 3.8) is 0 Å². The summed E-state index contributed by atoms with van der Waals surface area (Å²) in [6.07, 6.45) is -1.92. The summed E-state index contributed by atoms with van der Waals surface area (Å²) < 4.78 is 46.6. The Kier molecular flexibility index (Phi) is 5.36. The normalized spacial score (nSPS) is 22.1. The van der Waals surface area contributed by atoms with Gasteiger partial charge in [-0.25, -0.2) is 0 Å². The fourth-order valence-electron chi connectivity index (χ4n) is 4.67. The van der Waals surface area contributed by atoms with E-state index in [-0.39, 0.29) is 11.8 Å². The molecule has 1 atom stereocenters. The lowest BCUT2D eigenvalue weighted by Crippen LogP contribution is -2.36. The van der Waals surface area contributed by atoms with Crippen LogP contribution in [-0.4, -0.2) is 18.7 Å². The third-order valence-corrected chi connectivity index (χ3v) is 6.30. The van der Waals surface area contributed by atoms with E-state index in [1.54, 1.807) is 6.07 Å². The quantitative estimate of drug-likeness (QED) is 0.567. The molecule has 0 radical (unpaired) electrons. The number of thiol groups is 1. The third kappa shape index (κ3) is 4.29. The smallest absolute Gasteiger partial charge is 0.416 e. The average Bonchev–Trinajstić information content (AvgIpc) is 2.66. The van der Waals surface area contributed by atoms with Gasteiger partial charge in [-0.15, -0.1) is 12.6 Å². The fraction of sp³-hybridized carbons (Fsp3) is 0.478. The minimum Gasteiger partial charge on any atom is -0.487 e. The largest absolute Gasteiger partial charge is 0.487 e. The minimum absolute atomic E-state index is 0.00477. The molecule has 2 aromatic rings. The predicted octanol–water partition coefficient (Wildman–Crippen LogP) is 6.15. The van der Waals surface area contributed by atoms with Crippen LogP contribution in [0.2, 0.25) is 0 Å². The van der Waals surface area contributed by atoms with Gasteiger partial charge in [-0.05, 0) is 87.5 Å². The molecule has 0 aliphatic carbocycles. The highest BCUT2D eigenvalue weighted by atomic mass is 32.1. The first-order valence-electron chi connectivity index (χ1n) is 10.1. The van der Waals surface area contributed by atoms with Gasteiger partial charge in [0, 0.05) is 16.4 Å². The fourth-order valence-corrected chi connectivity index (χ4v) is 4.86. The molecule has 4 rings (SSSR count). The maximum atomic E-state index is 13.5. The number of hydrogen-bond donors (Lipinski definition) is 2. The summed E-state index contributed by atoms with van der Waals surface area (Å²) in [5.41, 5.74) is 1.89. The lowest BCUT2D eigenvalue weighted by Gasteiger charge is -2.39. The number of piperidine rings is 1. The van der Waals surface area contributed by atoms with Crippen LogP contribution in [0.3, 0.4) is 0 Å². The van der Waals surface area contributed by atoms with E-state index in [1.165, 1.54) is 12.1 Å². The lowest BCUT2D eigenvalue weighted by atomic mass is 9.75. The molecule has 0 amide bonds. The van der Waals surface area contributed by atoms with Crippen LogP contribution >= 0.6 is 12.6 Å². The zero-order chi connectivity index (χ0) is 20.8. The van der Waals surface area contributed by atoms with Crippen LogP contribution in [0.25, 0.3) is 0 Å². The van der Waals surface area contributed by atoms with Gasteiger partial charge < -0.3 is 10.1 Å². The number of halogens is 3. The second-order valence-corrected chi connectivity index (χ2v) is 9.22. The van der Waals surface area contributed by atoms with Crippen molar-refractivity contribution in [1.29, 1.82) is 0 Å². The summed E-state index contributed by atoms with van der Waals surface area (Å²) in [4.78, 5) is 0.811. The summed E-state index contributed by atoms with van der Waals surface area (Å²) in [6.45, 7) is 5.73. The van der Waals surface area contributed by atoms with Gasteiger partial charge in [0.15, 0.2) is 0 Å². The highest BCUT2D eigenvalue weighted by molar-refractivity contribution is 7.80. The van der Waals surface area contributed by atoms with Crippen LogP contribution < -0.4 is 10.1 Å². The topological polar surface area (TPSA) is 21.3 Å². The second-order valence-electron chi connectivity index (χ2n) is 8.71. The van der Waals surface area contributed by atoms with Crippen LogP contribution in [-0.2, 0) is 6.18 Å². The van der Waals surface area contributed by atoms with Crippen molar-refractivity contribution < 1.29 is 17.9 Å².